The van der Waals surface area contributed by atoms with Gasteiger partial charge in [0.15, 0.2) is 0 Å². The first-order chi connectivity index (χ1) is 15.0. The molecular formula is C24H28N6O. The van der Waals surface area contributed by atoms with Crippen molar-refractivity contribution in [1.82, 2.24) is 19.7 Å². The first-order valence-electron chi connectivity index (χ1n) is 10.9. The lowest BCUT2D eigenvalue weighted by Gasteiger charge is -2.39. The van der Waals surface area contributed by atoms with Crippen molar-refractivity contribution in [3.05, 3.63) is 72.2 Å². The highest BCUT2D eigenvalue weighted by Gasteiger charge is 2.38. The van der Waals surface area contributed by atoms with Crippen LogP contribution in [-0.4, -0.2) is 51.8 Å². The number of hydrogen-bond acceptors (Lipinski definition) is 5. The maximum atomic E-state index is 13.4. The number of carbonyl (C=O) groups excluding carboxylic acids is 1. The number of nitrogens with zero attached hydrogens (tertiary/aromatic N) is 5. The number of fused-ring (bicyclic) bond motifs is 1. The Bertz CT molecular complexity index is 1050. The summed E-state index contributed by atoms with van der Waals surface area (Å²) in [4.78, 5) is 22.2. The van der Waals surface area contributed by atoms with E-state index in [-0.39, 0.29) is 17.5 Å². The summed E-state index contributed by atoms with van der Waals surface area (Å²) < 4.78 is 1.96. The van der Waals surface area contributed by atoms with Gasteiger partial charge in [-0.15, -0.1) is 0 Å². The third-order valence-corrected chi connectivity index (χ3v) is 6.32. The Morgan fingerprint density at radius 2 is 1.77 bits per heavy atom. The zero-order chi connectivity index (χ0) is 21.4. The van der Waals surface area contributed by atoms with E-state index in [1.165, 1.54) is 5.69 Å². The number of amides is 1. The van der Waals surface area contributed by atoms with Crippen LogP contribution < -0.4 is 10.2 Å². The molecule has 160 valence electrons. The molecule has 0 aliphatic carbocycles. The van der Waals surface area contributed by atoms with E-state index < -0.39 is 0 Å². The molecule has 1 atom stereocenters. The Kier molecular flexibility index (Phi) is 4.88. The highest BCUT2D eigenvalue weighted by Crippen LogP contribution is 2.39. The summed E-state index contributed by atoms with van der Waals surface area (Å²) in [6.45, 7) is 7.38. The molecule has 1 fully saturated rings. The van der Waals surface area contributed by atoms with E-state index in [0.29, 0.717) is 18.7 Å². The highest BCUT2D eigenvalue weighted by atomic mass is 16.2. The van der Waals surface area contributed by atoms with E-state index in [9.17, 15) is 4.79 Å². The molecule has 5 rings (SSSR count). The Morgan fingerprint density at radius 3 is 2.48 bits per heavy atom. The van der Waals surface area contributed by atoms with Crippen LogP contribution in [0.25, 0.3) is 0 Å². The number of benzene rings is 1. The highest BCUT2D eigenvalue weighted by molar-refractivity contribution is 5.99. The predicted octanol–water partition coefficient (Wildman–Crippen LogP) is 3.53. The summed E-state index contributed by atoms with van der Waals surface area (Å²) in [6.07, 6.45) is 4.38. The van der Waals surface area contributed by atoms with Crippen LogP contribution in [0.3, 0.4) is 0 Å². The van der Waals surface area contributed by atoms with Gasteiger partial charge in [0.2, 0.25) is 0 Å². The van der Waals surface area contributed by atoms with Gasteiger partial charge in [0.1, 0.15) is 11.4 Å². The summed E-state index contributed by atoms with van der Waals surface area (Å²) in [5.41, 5.74) is 2.62. The second-order valence-corrected chi connectivity index (χ2v) is 8.90. The Hall–Kier alpha value is -3.35. The minimum absolute atomic E-state index is 0.0407. The van der Waals surface area contributed by atoms with Gasteiger partial charge in [-0.25, -0.2) is 4.68 Å². The van der Waals surface area contributed by atoms with E-state index in [4.69, 9.17) is 0 Å². The number of piperazine rings is 1. The lowest BCUT2D eigenvalue weighted by molar-refractivity contribution is 0.0747. The summed E-state index contributed by atoms with van der Waals surface area (Å²) in [5, 5.41) is 8.14. The normalized spacial score (nSPS) is 20.1. The molecule has 1 amide bonds. The van der Waals surface area contributed by atoms with Crippen molar-refractivity contribution in [3.63, 3.8) is 0 Å². The Morgan fingerprint density at radius 1 is 1.03 bits per heavy atom. The molecule has 1 N–H and O–H groups in total. The fourth-order valence-electron chi connectivity index (χ4n) is 4.64. The van der Waals surface area contributed by atoms with Gasteiger partial charge in [-0.1, -0.05) is 24.3 Å². The van der Waals surface area contributed by atoms with E-state index in [0.717, 1.165) is 31.0 Å². The van der Waals surface area contributed by atoms with Gasteiger partial charge in [0.25, 0.3) is 5.91 Å². The SMILES string of the molecule is CC1(C)CC(c2ccccn2)Nc2c(C(=O)N3CCN(c4ccccc4)CC3)cnn21. The van der Waals surface area contributed by atoms with Gasteiger partial charge >= 0.3 is 0 Å². The number of carbonyl (C=O) groups is 1. The molecule has 0 bridgehead atoms. The standard InChI is InChI=1S/C24H28N6O/c1-24(2)16-21(20-10-6-7-11-25-20)27-22-19(17-26-30(22)24)23(31)29-14-12-28(13-15-29)18-8-4-3-5-9-18/h3-11,17,21,27H,12-16H2,1-2H3. The zero-order valence-electron chi connectivity index (χ0n) is 18.0. The number of hydrogen-bond donors (Lipinski definition) is 1. The molecule has 1 unspecified atom stereocenters. The monoisotopic (exact) mass is 416 g/mol. The first kappa shape index (κ1) is 19.6. The number of aromatic nitrogens is 3. The van der Waals surface area contributed by atoms with Crippen LogP contribution in [0, 0.1) is 0 Å². The molecule has 31 heavy (non-hydrogen) atoms. The Labute approximate surface area is 182 Å². The van der Waals surface area contributed by atoms with Crippen molar-refractivity contribution >= 4 is 17.4 Å². The molecule has 1 aromatic carbocycles. The van der Waals surface area contributed by atoms with E-state index >= 15 is 0 Å². The fraction of sp³-hybridized carbons (Fsp3) is 0.375. The molecule has 0 spiro atoms. The van der Waals surface area contributed by atoms with Gasteiger partial charge in [-0.3, -0.25) is 9.78 Å². The van der Waals surface area contributed by atoms with Gasteiger partial charge in [0, 0.05) is 38.1 Å². The van der Waals surface area contributed by atoms with E-state index in [2.05, 4.69) is 58.4 Å². The predicted molar refractivity (Wildman–Crippen MR) is 121 cm³/mol. The van der Waals surface area contributed by atoms with E-state index in [1.54, 1.807) is 6.20 Å². The van der Waals surface area contributed by atoms with Crippen molar-refractivity contribution in [2.75, 3.05) is 36.4 Å². The zero-order valence-corrected chi connectivity index (χ0v) is 18.0. The maximum absolute atomic E-state index is 13.4. The third-order valence-electron chi connectivity index (χ3n) is 6.32. The molecule has 2 aromatic heterocycles. The number of pyridine rings is 1. The molecule has 0 radical (unpaired) electrons. The van der Waals surface area contributed by atoms with Crippen LogP contribution >= 0.6 is 0 Å². The second-order valence-electron chi connectivity index (χ2n) is 8.90. The molecule has 2 aliphatic rings. The molecule has 4 heterocycles. The average molecular weight is 417 g/mol. The van der Waals surface area contributed by atoms with Crippen LogP contribution in [0.5, 0.6) is 0 Å². The topological polar surface area (TPSA) is 66.3 Å². The van der Waals surface area contributed by atoms with Gasteiger partial charge in [0.05, 0.1) is 23.5 Å². The number of rotatable bonds is 3. The summed E-state index contributed by atoms with van der Waals surface area (Å²) in [6, 6.07) is 16.4. The summed E-state index contributed by atoms with van der Waals surface area (Å²) in [7, 11) is 0. The molecule has 2 aliphatic heterocycles. The fourth-order valence-corrected chi connectivity index (χ4v) is 4.64. The summed E-state index contributed by atoms with van der Waals surface area (Å²) in [5.74, 6) is 0.835. The molecule has 0 saturated carbocycles. The number of nitrogens with one attached hydrogen (secondary N) is 1. The van der Waals surface area contributed by atoms with Crippen LogP contribution in [-0.2, 0) is 5.54 Å². The lowest BCUT2D eigenvalue weighted by atomic mass is 9.91. The van der Waals surface area contributed by atoms with E-state index in [1.807, 2.05) is 40.0 Å². The van der Waals surface area contributed by atoms with Crippen molar-refractivity contribution in [2.45, 2.75) is 31.8 Å². The molecule has 3 aromatic rings. The molecule has 7 nitrogen and oxygen atoms in total. The average Bonchev–Trinajstić information content (AvgIpc) is 3.25. The Balaban J connectivity index is 1.35. The number of para-hydroxylation sites is 1. The van der Waals surface area contributed by atoms with Crippen LogP contribution in [0.15, 0.2) is 60.9 Å². The van der Waals surface area contributed by atoms with Crippen molar-refractivity contribution in [1.29, 1.82) is 0 Å². The quantitative estimate of drug-likeness (QED) is 0.708. The van der Waals surface area contributed by atoms with Crippen molar-refractivity contribution in [2.24, 2.45) is 0 Å². The van der Waals surface area contributed by atoms with Crippen LogP contribution in [0.2, 0.25) is 0 Å². The van der Waals surface area contributed by atoms with Crippen molar-refractivity contribution < 1.29 is 4.79 Å². The van der Waals surface area contributed by atoms with Crippen molar-refractivity contribution in [3.8, 4) is 0 Å². The lowest BCUT2D eigenvalue weighted by Crippen LogP contribution is -2.49. The third kappa shape index (κ3) is 3.65. The molecular weight excluding hydrogens is 388 g/mol. The smallest absolute Gasteiger partial charge is 0.259 e. The minimum Gasteiger partial charge on any atom is -0.368 e. The summed E-state index contributed by atoms with van der Waals surface area (Å²) >= 11 is 0. The largest absolute Gasteiger partial charge is 0.368 e. The van der Waals surface area contributed by atoms with Gasteiger partial charge in [-0.2, -0.15) is 5.10 Å². The second kappa shape index (κ2) is 7.72. The minimum atomic E-state index is -0.215. The van der Waals surface area contributed by atoms with Gasteiger partial charge in [-0.05, 0) is 44.5 Å². The van der Waals surface area contributed by atoms with Crippen LogP contribution in [0.1, 0.15) is 42.4 Å². The van der Waals surface area contributed by atoms with Crippen LogP contribution in [0.4, 0.5) is 11.5 Å². The number of anilines is 2. The molecule has 1 saturated heterocycles. The molecule has 7 heteroatoms. The van der Waals surface area contributed by atoms with Gasteiger partial charge < -0.3 is 15.1 Å². The maximum Gasteiger partial charge on any atom is 0.259 e. The first-order valence-corrected chi connectivity index (χ1v) is 10.9.